The highest BCUT2D eigenvalue weighted by molar-refractivity contribution is 14.0. The molecule has 0 bridgehead atoms. The molecule has 158 valence electrons. The number of halogens is 2. The van der Waals surface area contributed by atoms with Gasteiger partial charge in [-0.2, -0.15) is 0 Å². The number of nitrogens with zero attached hydrogens (tertiary/aromatic N) is 6. The summed E-state index contributed by atoms with van der Waals surface area (Å²) in [6.45, 7) is 11.4. The van der Waals surface area contributed by atoms with Crippen molar-refractivity contribution in [2.75, 3.05) is 44.2 Å². The monoisotopic (exact) mass is 513 g/mol. The second-order valence-electron chi connectivity index (χ2n) is 6.62. The molecule has 0 saturated carbocycles. The number of guanidine groups is 1. The average Bonchev–Trinajstić information content (AvgIpc) is 3.19. The van der Waals surface area contributed by atoms with E-state index in [2.05, 4.69) is 38.8 Å². The molecule has 0 atom stereocenters. The van der Waals surface area contributed by atoms with Gasteiger partial charge in [0, 0.05) is 51.4 Å². The van der Waals surface area contributed by atoms with Crippen molar-refractivity contribution < 1.29 is 4.39 Å². The lowest BCUT2D eigenvalue weighted by Crippen LogP contribution is -2.52. The Kier molecular flexibility index (Phi) is 9.36. The topological polar surface area (TPSA) is 61.6 Å². The number of aryl methyl sites for hydroxylation is 1. The molecule has 1 aliphatic heterocycles. The van der Waals surface area contributed by atoms with Crippen molar-refractivity contribution in [3.63, 3.8) is 0 Å². The summed E-state index contributed by atoms with van der Waals surface area (Å²) in [5, 5.41) is 11.4. The smallest absolute Gasteiger partial charge is 0.194 e. The average molecular weight is 513 g/mol. The van der Waals surface area contributed by atoms with Gasteiger partial charge in [0.05, 0.1) is 6.54 Å². The number of nitrogens with one attached hydrogen (secondary N) is 1. The third kappa shape index (κ3) is 6.41. The van der Waals surface area contributed by atoms with Crippen LogP contribution < -0.4 is 10.2 Å². The van der Waals surface area contributed by atoms with Crippen molar-refractivity contribution in [3.05, 3.63) is 54.9 Å². The van der Waals surface area contributed by atoms with Crippen LogP contribution in [-0.2, 0) is 13.0 Å². The first-order valence-corrected chi connectivity index (χ1v) is 9.72. The summed E-state index contributed by atoms with van der Waals surface area (Å²) in [6.07, 6.45) is 4.45. The second-order valence-corrected chi connectivity index (χ2v) is 6.62. The fourth-order valence-electron chi connectivity index (χ4n) is 3.26. The summed E-state index contributed by atoms with van der Waals surface area (Å²) < 4.78 is 15.2. The summed E-state index contributed by atoms with van der Waals surface area (Å²) >= 11 is 0. The van der Waals surface area contributed by atoms with E-state index in [9.17, 15) is 4.39 Å². The van der Waals surface area contributed by atoms with Gasteiger partial charge >= 0.3 is 0 Å². The number of aliphatic imine (C=N–C) groups is 1. The molecule has 1 aromatic carbocycles. The number of aromatic nitrogens is 3. The van der Waals surface area contributed by atoms with Gasteiger partial charge in [-0.3, -0.25) is 4.99 Å². The van der Waals surface area contributed by atoms with Crippen molar-refractivity contribution >= 4 is 35.6 Å². The molecule has 9 heteroatoms. The number of rotatable bonds is 7. The molecule has 0 unspecified atom stereocenters. The molecule has 1 fully saturated rings. The minimum absolute atomic E-state index is 0. The third-order valence-electron chi connectivity index (χ3n) is 4.79. The Morgan fingerprint density at radius 3 is 2.62 bits per heavy atom. The molecule has 0 amide bonds. The zero-order chi connectivity index (χ0) is 19.8. The van der Waals surface area contributed by atoms with E-state index in [1.54, 1.807) is 6.33 Å². The van der Waals surface area contributed by atoms with Gasteiger partial charge in [-0.1, -0.05) is 13.0 Å². The highest BCUT2D eigenvalue weighted by Crippen LogP contribution is 2.17. The van der Waals surface area contributed by atoms with Gasteiger partial charge in [-0.25, -0.2) is 4.39 Å². The van der Waals surface area contributed by atoms with Crippen LogP contribution in [0.4, 0.5) is 10.1 Å². The molecule has 29 heavy (non-hydrogen) atoms. The highest BCUT2D eigenvalue weighted by Gasteiger charge is 2.20. The van der Waals surface area contributed by atoms with E-state index in [4.69, 9.17) is 4.99 Å². The largest absolute Gasteiger partial charge is 0.368 e. The zero-order valence-electron chi connectivity index (χ0n) is 16.8. The van der Waals surface area contributed by atoms with Gasteiger partial charge in [0.25, 0.3) is 0 Å². The lowest BCUT2D eigenvalue weighted by atomic mass is 10.2. The summed E-state index contributed by atoms with van der Waals surface area (Å²) in [4.78, 5) is 9.31. The molecule has 3 rings (SSSR count). The normalized spacial score (nSPS) is 14.5. The van der Waals surface area contributed by atoms with Crippen LogP contribution in [0.15, 0.2) is 48.2 Å². The van der Waals surface area contributed by atoms with E-state index >= 15 is 0 Å². The summed E-state index contributed by atoms with van der Waals surface area (Å²) in [6, 6.07) is 6.69. The number of anilines is 1. The first kappa shape index (κ1) is 23.1. The Bertz CT molecular complexity index is 782. The molecule has 0 aliphatic carbocycles. The number of benzene rings is 1. The predicted octanol–water partition coefficient (Wildman–Crippen LogP) is 2.55. The van der Waals surface area contributed by atoms with Gasteiger partial charge < -0.3 is 19.7 Å². The predicted molar refractivity (Wildman–Crippen MR) is 126 cm³/mol. The van der Waals surface area contributed by atoms with E-state index in [1.807, 2.05) is 22.8 Å². The maximum Gasteiger partial charge on any atom is 0.194 e. The SMILES string of the molecule is C=CCNC(=NCCn1cnnc1CC)N1CCN(c2ccc(F)cc2)CC1.I. The van der Waals surface area contributed by atoms with E-state index < -0.39 is 0 Å². The van der Waals surface area contributed by atoms with Crippen molar-refractivity contribution in [1.29, 1.82) is 0 Å². The first-order valence-electron chi connectivity index (χ1n) is 9.72. The fourth-order valence-corrected chi connectivity index (χ4v) is 3.26. The minimum atomic E-state index is -0.204. The molecule has 2 aromatic rings. The van der Waals surface area contributed by atoms with Crippen molar-refractivity contribution in [1.82, 2.24) is 25.0 Å². The summed E-state index contributed by atoms with van der Waals surface area (Å²) in [5.41, 5.74) is 1.05. The first-order chi connectivity index (χ1) is 13.7. The third-order valence-corrected chi connectivity index (χ3v) is 4.79. The summed E-state index contributed by atoms with van der Waals surface area (Å²) in [7, 11) is 0. The molecule has 1 aliphatic rings. The van der Waals surface area contributed by atoms with Crippen LogP contribution in [0.25, 0.3) is 0 Å². The quantitative estimate of drug-likeness (QED) is 0.267. The van der Waals surface area contributed by atoms with Crippen LogP contribution in [0.2, 0.25) is 0 Å². The standard InChI is InChI=1S/C20H28FN7.HI/c1-3-9-22-20(23-10-11-28-16-24-25-19(28)4-2)27-14-12-26(13-15-27)18-7-5-17(21)6-8-18;/h3,5-8,16H,1,4,9-15H2,2H3,(H,22,23);1H. The minimum Gasteiger partial charge on any atom is -0.368 e. The van der Waals surface area contributed by atoms with Crippen LogP contribution >= 0.6 is 24.0 Å². The number of hydrogen-bond donors (Lipinski definition) is 1. The van der Waals surface area contributed by atoms with Gasteiger partial charge in [-0.15, -0.1) is 40.8 Å². The molecule has 1 aromatic heterocycles. The Balaban J connectivity index is 0.00000300. The van der Waals surface area contributed by atoms with E-state index in [-0.39, 0.29) is 29.8 Å². The lowest BCUT2D eigenvalue weighted by molar-refractivity contribution is 0.373. The molecule has 0 spiro atoms. The number of hydrogen-bond acceptors (Lipinski definition) is 4. The molecule has 1 saturated heterocycles. The fraction of sp³-hybridized carbons (Fsp3) is 0.450. The maximum absolute atomic E-state index is 13.1. The van der Waals surface area contributed by atoms with Gasteiger partial charge in [0.15, 0.2) is 5.96 Å². The molecule has 7 nitrogen and oxygen atoms in total. The molecule has 1 N–H and O–H groups in total. The second kappa shape index (κ2) is 11.7. The van der Waals surface area contributed by atoms with Crippen LogP contribution in [0, 0.1) is 5.82 Å². The summed E-state index contributed by atoms with van der Waals surface area (Å²) in [5.74, 6) is 1.67. The molecular formula is C20H29FIN7. The van der Waals surface area contributed by atoms with Crippen LogP contribution in [0.1, 0.15) is 12.7 Å². The Labute approximate surface area is 188 Å². The van der Waals surface area contributed by atoms with Crippen molar-refractivity contribution in [2.45, 2.75) is 19.9 Å². The van der Waals surface area contributed by atoms with Crippen LogP contribution in [0.5, 0.6) is 0 Å². The number of piperazine rings is 1. The van der Waals surface area contributed by atoms with Crippen molar-refractivity contribution in [2.24, 2.45) is 4.99 Å². The molecule has 0 radical (unpaired) electrons. The highest BCUT2D eigenvalue weighted by atomic mass is 127. The van der Waals surface area contributed by atoms with Gasteiger partial charge in [-0.05, 0) is 24.3 Å². The lowest BCUT2D eigenvalue weighted by Gasteiger charge is -2.37. The van der Waals surface area contributed by atoms with E-state index in [0.29, 0.717) is 13.1 Å². The Morgan fingerprint density at radius 2 is 1.97 bits per heavy atom. The van der Waals surface area contributed by atoms with Gasteiger partial charge in [0.1, 0.15) is 18.0 Å². The van der Waals surface area contributed by atoms with Crippen molar-refractivity contribution in [3.8, 4) is 0 Å². The Hall–Kier alpha value is -2.17. The van der Waals surface area contributed by atoms with Crippen LogP contribution in [0.3, 0.4) is 0 Å². The van der Waals surface area contributed by atoms with Gasteiger partial charge in [0.2, 0.25) is 0 Å². The van der Waals surface area contributed by atoms with Crippen LogP contribution in [-0.4, -0.2) is 64.9 Å². The van der Waals surface area contributed by atoms with E-state index in [0.717, 1.165) is 56.6 Å². The molecule has 2 heterocycles. The maximum atomic E-state index is 13.1. The Morgan fingerprint density at radius 1 is 1.24 bits per heavy atom. The zero-order valence-corrected chi connectivity index (χ0v) is 19.1. The van der Waals surface area contributed by atoms with E-state index in [1.165, 1.54) is 12.1 Å². The molecular weight excluding hydrogens is 484 g/mol.